The molecule has 5 nitrogen and oxygen atoms in total. The van der Waals surface area contributed by atoms with Crippen molar-refractivity contribution in [3.63, 3.8) is 0 Å². The highest BCUT2D eigenvalue weighted by atomic mass is 35.5. The highest BCUT2D eigenvalue weighted by Crippen LogP contribution is 2.28. The van der Waals surface area contributed by atoms with Gasteiger partial charge < -0.3 is 4.90 Å². The number of rotatable bonds is 3. The summed E-state index contributed by atoms with van der Waals surface area (Å²) < 4.78 is 24.4. The smallest absolute Gasteiger partial charge is 0.253 e. The second-order valence-electron chi connectivity index (χ2n) is 5.25. The molecule has 1 saturated heterocycles. The Morgan fingerprint density at radius 3 is 2.43 bits per heavy atom. The van der Waals surface area contributed by atoms with Crippen LogP contribution < -0.4 is 4.31 Å². The highest BCUT2D eigenvalue weighted by molar-refractivity contribution is 7.92. The quantitative estimate of drug-likeness (QED) is 0.855. The Hall–Kier alpha value is -1.27. The monoisotopic (exact) mass is 330 g/mol. The Bertz CT molecular complexity index is 640. The van der Waals surface area contributed by atoms with Gasteiger partial charge in [-0.3, -0.25) is 9.10 Å². The van der Waals surface area contributed by atoms with E-state index in [0.29, 0.717) is 16.3 Å². The van der Waals surface area contributed by atoms with E-state index in [2.05, 4.69) is 0 Å². The van der Waals surface area contributed by atoms with Crippen LogP contribution in [0.2, 0.25) is 5.02 Å². The lowest BCUT2D eigenvalue weighted by atomic mass is 10.1. The number of carbonyl (C=O) groups is 1. The molecule has 0 bridgehead atoms. The zero-order valence-electron chi connectivity index (χ0n) is 12.2. The lowest BCUT2D eigenvalue weighted by Gasteiger charge is -2.27. The fourth-order valence-electron chi connectivity index (χ4n) is 2.35. The predicted octanol–water partition coefficient (Wildman–Crippen LogP) is 2.36. The first-order valence-electron chi connectivity index (χ1n) is 6.83. The average Bonchev–Trinajstić information content (AvgIpc) is 2.46. The molecule has 1 fully saturated rings. The number of nitrogens with zero attached hydrogens (tertiary/aromatic N) is 2. The summed E-state index contributed by atoms with van der Waals surface area (Å²) in [6.07, 6.45) is 4.26. The van der Waals surface area contributed by atoms with Gasteiger partial charge in [-0.15, -0.1) is 0 Å². The molecule has 0 N–H and O–H groups in total. The van der Waals surface area contributed by atoms with Crippen LogP contribution in [-0.4, -0.2) is 45.6 Å². The van der Waals surface area contributed by atoms with Crippen LogP contribution in [0.4, 0.5) is 5.69 Å². The summed E-state index contributed by atoms with van der Waals surface area (Å²) in [5.74, 6) is -0.0745. The normalized spacial score (nSPS) is 15.9. The number of anilines is 1. The largest absolute Gasteiger partial charge is 0.339 e. The number of sulfonamides is 1. The number of likely N-dealkylation sites (tertiary alicyclic amines) is 1. The van der Waals surface area contributed by atoms with Crippen LogP contribution in [0, 0.1) is 0 Å². The van der Waals surface area contributed by atoms with E-state index in [-0.39, 0.29) is 5.91 Å². The van der Waals surface area contributed by atoms with Crippen molar-refractivity contribution in [2.24, 2.45) is 0 Å². The first-order chi connectivity index (χ1) is 9.80. The van der Waals surface area contributed by atoms with E-state index >= 15 is 0 Å². The van der Waals surface area contributed by atoms with E-state index in [1.54, 1.807) is 23.1 Å². The van der Waals surface area contributed by atoms with Crippen LogP contribution in [0.15, 0.2) is 18.2 Å². The second-order valence-corrected chi connectivity index (χ2v) is 7.67. The molecule has 1 aliphatic heterocycles. The highest BCUT2D eigenvalue weighted by Gasteiger charge is 2.21. The molecule has 0 aromatic heterocycles. The van der Waals surface area contributed by atoms with Crippen molar-refractivity contribution in [2.45, 2.75) is 19.3 Å². The molecule has 0 saturated carbocycles. The van der Waals surface area contributed by atoms with Crippen LogP contribution in [-0.2, 0) is 10.0 Å². The molecule has 1 heterocycles. The van der Waals surface area contributed by atoms with E-state index in [4.69, 9.17) is 11.6 Å². The molecular formula is C14H19ClN2O3S. The zero-order valence-corrected chi connectivity index (χ0v) is 13.7. The Morgan fingerprint density at radius 2 is 1.86 bits per heavy atom. The maximum atomic E-state index is 12.5. The Balaban J connectivity index is 2.32. The first-order valence-corrected chi connectivity index (χ1v) is 9.06. The van der Waals surface area contributed by atoms with Gasteiger partial charge in [0.05, 0.1) is 17.0 Å². The van der Waals surface area contributed by atoms with E-state index in [1.165, 1.54) is 7.05 Å². The number of hydrogen-bond donors (Lipinski definition) is 0. The molecule has 0 aliphatic carbocycles. The summed E-state index contributed by atoms with van der Waals surface area (Å²) in [6.45, 7) is 1.50. The van der Waals surface area contributed by atoms with Gasteiger partial charge in [0.1, 0.15) is 0 Å². The van der Waals surface area contributed by atoms with E-state index in [9.17, 15) is 13.2 Å². The van der Waals surface area contributed by atoms with Crippen LogP contribution >= 0.6 is 11.6 Å². The number of halogens is 1. The second kappa shape index (κ2) is 6.23. The van der Waals surface area contributed by atoms with Crippen molar-refractivity contribution < 1.29 is 13.2 Å². The Labute approximate surface area is 130 Å². The molecule has 0 spiro atoms. The van der Waals surface area contributed by atoms with Crippen molar-refractivity contribution in [1.29, 1.82) is 0 Å². The molecule has 1 aromatic carbocycles. The van der Waals surface area contributed by atoms with Gasteiger partial charge in [-0.2, -0.15) is 0 Å². The number of hydrogen-bond acceptors (Lipinski definition) is 3. The van der Waals surface area contributed by atoms with Crippen molar-refractivity contribution in [2.75, 3.05) is 30.7 Å². The van der Waals surface area contributed by atoms with Gasteiger partial charge in [0.25, 0.3) is 5.91 Å². The molecular weight excluding hydrogens is 312 g/mol. The zero-order chi connectivity index (χ0) is 15.6. The van der Waals surface area contributed by atoms with E-state index in [0.717, 1.165) is 42.9 Å². The number of amides is 1. The van der Waals surface area contributed by atoms with Gasteiger partial charge in [0, 0.05) is 25.7 Å². The maximum Gasteiger partial charge on any atom is 0.253 e. The Kier molecular flexibility index (Phi) is 4.78. The van der Waals surface area contributed by atoms with Crippen molar-refractivity contribution >= 4 is 33.2 Å². The van der Waals surface area contributed by atoms with Crippen LogP contribution in [0.1, 0.15) is 29.6 Å². The maximum absolute atomic E-state index is 12.5. The van der Waals surface area contributed by atoms with Crippen LogP contribution in [0.3, 0.4) is 0 Å². The van der Waals surface area contributed by atoms with Crippen molar-refractivity contribution in [1.82, 2.24) is 4.90 Å². The SMILES string of the molecule is CN(c1cc(C(=O)N2CCCCC2)ccc1Cl)S(C)(=O)=O. The Morgan fingerprint density at radius 1 is 1.24 bits per heavy atom. The molecule has 1 amide bonds. The number of piperidine rings is 1. The minimum absolute atomic E-state index is 0.0745. The lowest BCUT2D eigenvalue weighted by molar-refractivity contribution is 0.0724. The van der Waals surface area contributed by atoms with Gasteiger partial charge in [-0.05, 0) is 37.5 Å². The van der Waals surface area contributed by atoms with E-state index in [1.807, 2.05) is 0 Å². The third kappa shape index (κ3) is 3.68. The van der Waals surface area contributed by atoms with E-state index < -0.39 is 10.0 Å². The summed E-state index contributed by atoms with van der Waals surface area (Å²) in [5.41, 5.74) is 0.786. The topological polar surface area (TPSA) is 57.7 Å². The van der Waals surface area contributed by atoms with Crippen molar-refractivity contribution in [3.8, 4) is 0 Å². The summed E-state index contributed by atoms with van der Waals surface area (Å²) in [4.78, 5) is 14.3. The van der Waals surface area contributed by atoms with Gasteiger partial charge >= 0.3 is 0 Å². The van der Waals surface area contributed by atoms with Crippen molar-refractivity contribution in [3.05, 3.63) is 28.8 Å². The fraction of sp³-hybridized carbons (Fsp3) is 0.500. The van der Waals surface area contributed by atoms with Crippen LogP contribution in [0.5, 0.6) is 0 Å². The summed E-state index contributed by atoms with van der Waals surface area (Å²) in [7, 11) is -2.00. The number of carbonyl (C=O) groups excluding carboxylic acids is 1. The van der Waals surface area contributed by atoms with Crippen LogP contribution in [0.25, 0.3) is 0 Å². The minimum Gasteiger partial charge on any atom is -0.339 e. The number of benzene rings is 1. The van der Waals surface area contributed by atoms with Gasteiger partial charge in [-0.25, -0.2) is 8.42 Å². The third-order valence-corrected chi connectivity index (χ3v) is 5.18. The standard InChI is InChI=1S/C14H19ClN2O3S/c1-16(21(2,19)20)13-10-11(6-7-12(13)15)14(18)17-8-4-3-5-9-17/h6-7,10H,3-5,8-9H2,1-2H3. The molecule has 116 valence electrons. The minimum atomic E-state index is -3.42. The molecule has 1 aromatic rings. The molecule has 7 heteroatoms. The molecule has 2 rings (SSSR count). The molecule has 0 unspecified atom stereocenters. The average molecular weight is 331 g/mol. The third-order valence-electron chi connectivity index (χ3n) is 3.67. The summed E-state index contributed by atoms with van der Waals surface area (Å²) in [5, 5.41) is 0.304. The molecule has 21 heavy (non-hydrogen) atoms. The fourth-order valence-corrected chi connectivity index (χ4v) is 3.15. The van der Waals surface area contributed by atoms with Gasteiger partial charge in [-0.1, -0.05) is 11.6 Å². The summed E-state index contributed by atoms with van der Waals surface area (Å²) >= 11 is 6.06. The molecule has 1 aliphatic rings. The first kappa shape index (κ1) is 16.1. The summed E-state index contributed by atoms with van der Waals surface area (Å²) in [6, 6.07) is 4.75. The lowest BCUT2D eigenvalue weighted by Crippen LogP contribution is -2.35. The predicted molar refractivity (Wildman–Crippen MR) is 84.5 cm³/mol. The van der Waals surface area contributed by atoms with Gasteiger partial charge in [0.2, 0.25) is 10.0 Å². The molecule has 0 atom stereocenters. The van der Waals surface area contributed by atoms with Gasteiger partial charge in [0.15, 0.2) is 0 Å². The molecule has 0 radical (unpaired) electrons.